The van der Waals surface area contributed by atoms with Gasteiger partial charge in [0.15, 0.2) is 5.82 Å². The van der Waals surface area contributed by atoms with Crippen LogP contribution in [0.25, 0.3) is 0 Å². The standard InChI is InChI=1S/C18H16FN3O3/c19-11-4-2-1-3-10(11)9-21-8-7-14(20-21)22-17(23)15-12-5-6-13(25-12)16(15)18(22)24/h1-4,7-8,12-13,15-16H,5-6,9H2/t12-,13-,15+,16+/m1/s1. The van der Waals surface area contributed by atoms with Crippen LogP contribution < -0.4 is 4.90 Å². The van der Waals surface area contributed by atoms with E-state index in [9.17, 15) is 14.0 Å². The van der Waals surface area contributed by atoms with Crippen molar-refractivity contribution in [2.75, 3.05) is 4.90 Å². The summed E-state index contributed by atoms with van der Waals surface area (Å²) >= 11 is 0. The van der Waals surface area contributed by atoms with Crippen LogP contribution >= 0.6 is 0 Å². The fourth-order valence-corrected chi connectivity index (χ4v) is 4.30. The molecule has 0 saturated carbocycles. The summed E-state index contributed by atoms with van der Waals surface area (Å²) in [6, 6.07) is 8.09. The average molecular weight is 341 g/mol. The molecule has 3 fully saturated rings. The van der Waals surface area contributed by atoms with Gasteiger partial charge in [-0.1, -0.05) is 18.2 Å². The van der Waals surface area contributed by atoms with E-state index in [0.717, 1.165) is 12.8 Å². The Hall–Kier alpha value is -2.54. The fraction of sp³-hybridized carbons (Fsp3) is 0.389. The smallest absolute Gasteiger partial charge is 0.241 e. The van der Waals surface area contributed by atoms with Gasteiger partial charge in [0.2, 0.25) is 11.8 Å². The number of amides is 2. The number of rotatable bonds is 3. The highest BCUT2D eigenvalue weighted by Crippen LogP contribution is 2.49. The van der Waals surface area contributed by atoms with Crippen LogP contribution in [-0.4, -0.2) is 33.8 Å². The van der Waals surface area contributed by atoms with E-state index in [0.29, 0.717) is 11.4 Å². The Kier molecular flexibility index (Phi) is 3.09. The summed E-state index contributed by atoms with van der Waals surface area (Å²) in [4.78, 5) is 26.6. The first-order valence-electron chi connectivity index (χ1n) is 8.43. The molecule has 0 radical (unpaired) electrons. The van der Waals surface area contributed by atoms with Gasteiger partial charge in [-0.15, -0.1) is 0 Å². The lowest BCUT2D eigenvalue weighted by Gasteiger charge is -2.15. The lowest BCUT2D eigenvalue weighted by Crippen LogP contribution is -2.34. The number of carbonyl (C=O) groups is 2. The molecule has 25 heavy (non-hydrogen) atoms. The zero-order valence-corrected chi connectivity index (χ0v) is 13.3. The van der Waals surface area contributed by atoms with E-state index in [2.05, 4.69) is 5.10 Å². The molecule has 1 aromatic carbocycles. The Morgan fingerprint density at radius 2 is 1.76 bits per heavy atom. The molecular weight excluding hydrogens is 325 g/mol. The van der Waals surface area contributed by atoms with Crippen LogP contribution in [0.5, 0.6) is 0 Å². The lowest BCUT2D eigenvalue weighted by atomic mass is 9.81. The Labute approximate surface area is 143 Å². The fourth-order valence-electron chi connectivity index (χ4n) is 4.30. The first-order chi connectivity index (χ1) is 12.1. The summed E-state index contributed by atoms with van der Waals surface area (Å²) in [7, 11) is 0. The molecule has 2 amide bonds. The lowest BCUT2D eigenvalue weighted by molar-refractivity contribution is -0.124. The van der Waals surface area contributed by atoms with Crippen LogP contribution in [0, 0.1) is 17.7 Å². The minimum atomic E-state index is -0.372. The SMILES string of the molecule is O=C1[C@@H]2[C@@H](C(=O)N1c1ccn(Cc3ccccc3F)n1)[C@H]1CC[C@H]2O1. The summed E-state index contributed by atoms with van der Waals surface area (Å²) in [5.74, 6) is -1.20. The molecule has 4 heterocycles. The zero-order chi connectivity index (χ0) is 17.1. The van der Waals surface area contributed by atoms with E-state index in [1.165, 1.54) is 15.6 Å². The molecule has 2 bridgehead atoms. The van der Waals surface area contributed by atoms with Gasteiger partial charge in [0.25, 0.3) is 0 Å². The van der Waals surface area contributed by atoms with E-state index < -0.39 is 0 Å². The topological polar surface area (TPSA) is 64.4 Å². The molecule has 128 valence electrons. The van der Waals surface area contributed by atoms with Crippen LogP contribution in [0.15, 0.2) is 36.5 Å². The van der Waals surface area contributed by atoms with Crippen molar-refractivity contribution in [1.29, 1.82) is 0 Å². The van der Waals surface area contributed by atoms with E-state index >= 15 is 0 Å². The van der Waals surface area contributed by atoms with Gasteiger partial charge in [-0.2, -0.15) is 5.10 Å². The van der Waals surface area contributed by atoms with E-state index in [1.807, 2.05) is 0 Å². The van der Waals surface area contributed by atoms with Gasteiger partial charge in [-0.05, 0) is 18.9 Å². The molecule has 7 heteroatoms. The number of anilines is 1. The third-order valence-corrected chi connectivity index (χ3v) is 5.43. The molecule has 2 aromatic rings. The van der Waals surface area contributed by atoms with Crippen LogP contribution in [0.2, 0.25) is 0 Å². The Morgan fingerprint density at radius 3 is 2.44 bits per heavy atom. The predicted octanol–water partition coefficient (Wildman–Crippen LogP) is 1.74. The van der Waals surface area contributed by atoms with Crippen molar-refractivity contribution in [3.63, 3.8) is 0 Å². The maximum Gasteiger partial charge on any atom is 0.241 e. The largest absolute Gasteiger partial charge is 0.373 e. The summed E-state index contributed by atoms with van der Waals surface area (Å²) in [5, 5.41) is 4.32. The summed E-state index contributed by atoms with van der Waals surface area (Å²) < 4.78 is 21.0. The molecule has 3 aliphatic rings. The van der Waals surface area contributed by atoms with Crippen LogP contribution in [0.4, 0.5) is 10.2 Å². The number of benzene rings is 1. The first kappa shape index (κ1) is 14.8. The van der Waals surface area contributed by atoms with Crippen molar-refractivity contribution in [3.8, 4) is 0 Å². The minimum absolute atomic E-state index is 0.142. The van der Waals surface area contributed by atoms with Crippen molar-refractivity contribution < 1.29 is 18.7 Å². The number of halogens is 1. The Bertz CT molecular complexity index is 852. The van der Waals surface area contributed by atoms with Gasteiger partial charge in [-0.3, -0.25) is 14.3 Å². The van der Waals surface area contributed by atoms with E-state index in [-0.39, 0.29) is 48.2 Å². The molecule has 3 aliphatic heterocycles. The van der Waals surface area contributed by atoms with Gasteiger partial charge in [-0.25, -0.2) is 9.29 Å². The zero-order valence-electron chi connectivity index (χ0n) is 13.3. The average Bonchev–Trinajstić information content (AvgIpc) is 3.35. The van der Waals surface area contributed by atoms with Gasteiger partial charge >= 0.3 is 0 Å². The molecule has 1 aromatic heterocycles. The van der Waals surface area contributed by atoms with Crippen molar-refractivity contribution >= 4 is 17.6 Å². The second-order valence-corrected chi connectivity index (χ2v) is 6.82. The number of hydrogen-bond acceptors (Lipinski definition) is 4. The molecule has 0 N–H and O–H groups in total. The molecule has 3 saturated heterocycles. The van der Waals surface area contributed by atoms with Crippen LogP contribution in [0.3, 0.4) is 0 Å². The summed E-state index contributed by atoms with van der Waals surface area (Å²) in [6.45, 7) is 0.240. The highest BCUT2D eigenvalue weighted by atomic mass is 19.1. The third-order valence-electron chi connectivity index (χ3n) is 5.43. The van der Waals surface area contributed by atoms with Crippen LogP contribution in [-0.2, 0) is 20.9 Å². The molecule has 0 aliphatic carbocycles. The number of ether oxygens (including phenoxy) is 1. The van der Waals surface area contributed by atoms with Crippen molar-refractivity contribution in [3.05, 3.63) is 47.9 Å². The number of imide groups is 1. The van der Waals surface area contributed by atoms with E-state index in [4.69, 9.17) is 4.74 Å². The summed E-state index contributed by atoms with van der Waals surface area (Å²) in [6.07, 6.45) is 3.04. The number of carbonyl (C=O) groups excluding carboxylic acids is 2. The van der Waals surface area contributed by atoms with Gasteiger partial charge in [0.1, 0.15) is 5.82 Å². The first-order valence-corrected chi connectivity index (χ1v) is 8.43. The van der Waals surface area contributed by atoms with Crippen molar-refractivity contribution in [1.82, 2.24) is 9.78 Å². The molecule has 6 nitrogen and oxygen atoms in total. The van der Waals surface area contributed by atoms with Crippen LogP contribution in [0.1, 0.15) is 18.4 Å². The maximum absolute atomic E-state index is 13.8. The maximum atomic E-state index is 13.8. The number of hydrogen-bond donors (Lipinski definition) is 0. The van der Waals surface area contributed by atoms with E-state index in [1.54, 1.807) is 30.5 Å². The summed E-state index contributed by atoms with van der Waals surface area (Å²) in [5.41, 5.74) is 0.500. The highest BCUT2D eigenvalue weighted by molar-refractivity contribution is 6.22. The van der Waals surface area contributed by atoms with Gasteiger partial charge in [0.05, 0.1) is 30.6 Å². The molecular formula is C18H16FN3O3. The molecule has 5 rings (SSSR count). The Morgan fingerprint density at radius 1 is 1.08 bits per heavy atom. The second-order valence-electron chi connectivity index (χ2n) is 6.82. The number of aromatic nitrogens is 2. The molecule has 4 atom stereocenters. The van der Waals surface area contributed by atoms with Gasteiger partial charge in [0, 0.05) is 17.8 Å². The normalized spacial score (nSPS) is 30.4. The molecule has 0 unspecified atom stereocenters. The minimum Gasteiger partial charge on any atom is -0.373 e. The number of fused-ring (bicyclic) bond motifs is 5. The monoisotopic (exact) mass is 341 g/mol. The third kappa shape index (κ3) is 2.08. The molecule has 0 spiro atoms. The Balaban J connectivity index is 1.41. The van der Waals surface area contributed by atoms with Gasteiger partial charge < -0.3 is 4.74 Å². The predicted molar refractivity (Wildman–Crippen MR) is 85.1 cm³/mol. The number of nitrogens with zero attached hydrogens (tertiary/aromatic N) is 3. The van der Waals surface area contributed by atoms with Crippen molar-refractivity contribution in [2.24, 2.45) is 11.8 Å². The highest BCUT2D eigenvalue weighted by Gasteiger charge is 2.63. The quantitative estimate of drug-likeness (QED) is 0.798. The second kappa shape index (κ2) is 5.23. The van der Waals surface area contributed by atoms with Crippen molar-refractivity contribution in [2.45, 2.75) is 31.6 Å².